The first-order chi connectivity index (χ1) is 12.7. The Morgan fingerprint density at radius 1 is 1.04 bits per heavy atom. The number of ether oxygens (including phenoxy) is 1. The summed E-state index contributed by atoms with van der Waals surface area (Å²) in [7, 11) is 0. The van der Waals surface area contributed by atoms with Crippen molar-refractivity contribution in [2.45, 2.75) is 32.8 Å². The Labute approximate surface area is 157 Å². The summed E-state index contributed by atoms with van der Waals surface area (Å²) < 4.78 is 5.95. The van der Waals surface area contributed by atoms with Gasteiger partial charge in [0.15, 0.2) is 0 Å². The number of nitrogens with zero attached hydrogens (tertiary/aromatic N) is 5. The van der Waals surface area contributed by atoms with Gasteiger partial charge < -0.3 is 14.5 Å². The molecule has 0 atom stereocenters. The lowest BCUT2D eigenvalue weighted by atomic mass is 10.1. The lowest BCUT2D eigenvalue weighted by Crippen LogP contribution is -2.46. The molecule has 2 fully saturated rings. The van der Waals surface area contributed by atoms with Crippen LogP contribution < -0.4 is 4.90 Å². The minimum Gasteiger partial charge on any atom is -0.365 e. The van der Waals surface area contributed by atoms with Crippen LogP contribution in [0.2, 0.25) is 0 Å². The molecule has 0 radical (unpaired) electrons. The van der Waals surface area contributed by atoms with E-state index in [1.54, 1.807) is 6.20 Å². The zero-order valence-corrected chi connectivity index (χ0v) is 16.2. The van der Waals surface area contributed by atoms with Gasteiger partial charge in [-0.15, -0.1) is 0 Å². The maximum Gasteiger partial charge on any atom is 0.147 e. The fourth-order valence-corrected chi connectivity index (χ4v) is 3.50. The first-order valence-corrected chi connectivity index (χ1v) is 9.80. The highest BCUT2D eigenvalue weighted by Gasteiger charge is 2.20. The summed E-state index contributed by atoms with van der Waals surface area (Å²) >= 11 is 0. The van der Waals surface area contributed by atoms with Crippen molar-refractivity contribution in [3.63, 3.8) is 0 Å². The number of rotatable bonds is 5. The van der Waals surface area contributed by atoms with Crippen molar-refractivity contribution in [1.29, 1.82) is 0 Å². The Hall–Kier alpha value is -1.68. The molecule has 26 heavy (non-hydrogen) atoms. The Bertz CT molecular complexity index is 610. The predicted molar refractivity (Wildman–Crippen MR) is 104 cm³/mol. The Morgan fingerprint density at radius 2 is 1.77 bits per heavy atom. The summed E-state index contributed by atoms with van der Waals surface area (Å²) in [6, 6.07) is 0. The molecule has 3 rings (SSSR count). The number of piperidine rings is 1. The average Bonchev–Trinajstić information content (AvgIpc) is 2.69. The molecule has 0 unspecified atom stereocenters. The van der Waals surface area contributed by atoms with E-state index in [4.69, 9.17) is 4.74 Å². The Balaban J connectivity index is 1.31. The van der Waals surface area contributed by atoms with Crippen molar-refractivity contribution < 1.29 is 4.74 Å². The largest absolute Gasteiger partial charge is 0.365 e. The quantitative estimate of drug-likeness (QED) is 0.743. The zero-order chi connectivity index (χ0) is 18.2. The molecule has 0 bridgehead atoms. The molecule has 3 heterocycles. The molecule has 2 aliphatic heterocycles. The third-order valence-corrected chi connectivity index (χ3v) is 5.24. The maximum absolute atomic E-state index is 5.95. The van der Waals surface area contributed by atoms with Gasteiger partial charge in [-0.1, -0.05) is 18.8 Å². The summed E-state index contributed by atoms with van der Waals surface area (Å²) in [5.74, 6) is 7.44. The molecule has 6 heteroatoms. The van der Waals surface area contributed by atoms with Crippen LogP contribution in [0.3, 0.4) is 0 Å². The minimum atomic E-state index is 0.311. The highest BCUT2D eigenvalue weighted by Crippen LogP contribution is 2.19. The molecule has 0 saturated carbocycles. The molecular formula is C20H31N5O. The third kappa shape index (κ3) is 5.66. The van der Waals surface area contributed by atoms with Gasteiger partial charge >= 0.3 is 0 Å². The average molecular weight is 358 g/mol. The second-order valence-corrected chi connectivity index (χ2v) is 7.08. The topological polar surface area (TPSA) is 44.7 Å². The van der Waals surface area contributed by atoms with E-state index in [2.05, 4.69) is 43.4 Å². The van der Waals surface area contributed by atoms with E-state index < -0.39 is 0 Å². The van der Waals surface area contributed by atoms with E-state index in [1.165, 1.54) is 13.1 Å². The van der Waals surface area contributed by atoms with E-state index in [0.29, 0.717) is 12.7 Å². The fourth-order valence-electron chi connectivity index (χ4n) is 3.50. The summed E-state index contributed by atoms with van der Waals surface area (Å²) in [4.78, 5) is 16.0. The van der Waals surface area contributed by atoms with Gasteiger partial charge in [0.05, 0.1) is 24.5 Å². The summed E-state index contributed by atoms with van der Waals surface area (Å²) in [6.07, 6.45) is 6.00. The molecule has 2 saturated heterocycles. The molecule has 0 aromatic carbocycles. The number of anilines is 1. The van der Waals surface area contributed by atoms with E-state index in [-0.39, 0.29) is 0 Å². The van der Waals surface area contributed by atoms with Crippen LogP contribution in [0.15, 0.2) is 12.4 Å². The third-order valence-electron chi connectivity index (χ3n) is 5.24. The molecule has 0 spiro atoms. The monoisotopic (exact) mass is 357 g/mol. The van der Waals surface area contributed by atoms with Crippen LogP contribution in [0.1, 0.15) is 25.5 Å². The molecule has 1 aromatic rings. The number of likely N-dealkylation sites (N-methyl/N-ethyl adjacent to an activating group) is 1. The van der Waals surface area contributed by atoms with Crippen molar-refractivity contribution in [3.05, 3.63) is 18.1 Å². The molecular weight excluding hydrogens is 326 g/mol. The van der Waals surface area contributed by atoms with Gasteiger partial charge in [-0.25, -0.2) is 4.98 Å². The Kier molecular flexibility index (Phi) is 7.24. The van der Waals surface area contributed by atoms with Crippen molar-refractivity contribution in [3.8, 4) is 11.8 Å². The molecule has 0 N–H and O–H groups in total. The van der Waals surface area contributed by atoms with Crippen molar-refractivity contribution in [2.24, 2.45) is 0 Å². The highest BCUT2D eigenvalue weighted by molar-refractivity contribution is 5.36. The van der Waals surface area contributed by atoms with E-state index >= 15 is 0 Å². The van der Waals surface area contributed by atoms with Crippen molar-refractivity contribution in [2.75, 3.05) is 63.9 Å². The number of hydrogen-bond donors (Lipinski definition) is 0. The highest BCUT2D eigenvalue weighted by atomic mass is 16.5. The molecule has 142 valence electrons. The summed E-state index contributed by atoms with van der Waals surface area (Å²) in [5.41, 5.74) is 0.965. The van der Waals surface area contributed by atoms with E-state index in [0.717, 1.165) is 63.6 Å². The van der Waals surface area contributed by atoms with Gasteiger partial charge in [0.2, 0.25) is 0 Å². The van der Waals surface area contributed by atoms with Crippen LogP contribution in [0, 0.1) is 18.8 Å². The van der Waals surface area contributed by atoms with Crippen LogP contribution in [-0.2, 0) is 4.74 Å². The van der Waals surface area contributed by atoms with Crippen molar-refractivity contribution >= 4 is 5.82 Å². The van der Waals surface area contributed by atoms with Crippen LogP contribution >= 0.6 is 0 Å². The smallest absolute Gasteiger partial charge is 0.147 e. The summed E-state index contributed by atoms with van der Waals surface area (Å²) in [5, 5.41) is 0. The van der Waals surface area contributed by atoms with Gasteiger partial charge in [-0.3, -0.25) is 9.88 Å². The van der Waals surface area contributed by atoms with E-state index in [9.17, 15) is 0 Å². The predicted octanol–water partition coefficient (Wildman–Crippen LogP) is 1.41. The van der Waals surface area contributed by atoms with Gasteiger partial charge in [-0.2, -0.15) is 0 Å². The van der Waals surface area contributed by atoms with E-state index in [1.807, 2.05) is 13.1 Å². The number of hydrogen-bond acceptors (Lipinski definition) is 6. The van der Waals surface area contributed by atoms with Crippen molar-refractivity contribution in [1.82, 2.24) is 19.8 Å². The standard InChI is InChI=1S/C20H31N5O/c1-3-23-11-13-24(14-12-23)8-4-5-15-26-19-6-9-25(10-7-19)20-17-21-16-18(2)22-20/h16-17,19H,3,6-15H2,1-2H3. The first-order valence-electron chi connectivity index (χ1n) is 9.80. The van der Waals surface area contributed by atoms with Gasteiger partial charge in [-0.05, 0) is 26.3 Å². The lowest BCUT2D eigenvalue weighted by molar-refractivity contribution is 0.0593. The molecule has 0 aliphatic carbocycles. The second kappa shape index (κ2) is 9.86. The minimum absolute atomic E-state index is 0.311. The number of aromatic nitrogens is 2. The first kappa shape index (κ1) is 19.1. The molecule has 6 nitrogen and oxygen atoms in total. The van der Waals surface area contributed by atoms with Crippen LogP contribution in [0.4, 0.5) is 5.82 Å². The molecule has 2 aliphatic rings. The second-order valence-electron chi connectivity index (χ2n) is 7.08. The fraction of sp³-hybridized carbons (Fsp3) is 0.700. The molecule has 0 amide bonds. The zero-order valence-electron chi connectivity index (χ0n) is 16.2. The van der Waals surface area contributed by atoms with Gasteiger partial charge in [0.25, 0.3) is 0 Å². The van der Waals surface area contributed by atoms with Gasteiger partial charge in [0, 0.05) is 45.5 Å². The SMILES string of the molecule is CCN1CCN(CC#CCOC2CCN(c3cncc(C)n3)CC2)CC1. The van der Waals surface area contributed by atoms with Crippen LogP contribution in [-0.4, -0.2) is 84.8 Å². The molecule has 1 aromatic heterocycles. The van der Waals surface area contributed by atoms with Crippen LogP contribution in [0.25, 0.3) is 0 Å². The Morgan fingerprint density at radius 3 is 2.46 bits per heavy atom. The summed E-state index contributed by atoms with van der Waals surface area (Å²) in [6.45, 7) is 13.3. The number of piperazine rings is 1. The lowest BCUT2D eigenvalue weighted by Gasteiger charge is -2.32. The number of aryl methyl sites for hydroxylation is 1. The maximum atomic E-state index is 5.95. The van der Waals surface area contributed by atoms with Crippen LogP contribution in [0.5, 0.6) is 0 Å². The normalized spacial score (nSPS) is 20.0. The van der Waals surface area contributed by atoms with Gasteiger partial charge in [0.1, 0.15) is 12.4 Å².